The number of fused-ring (bicyclic) bond motifs is 1. The van der Waals surface area contributed by atoms with Crippen LogP contribution in [0.25, 0.3) is 10.9 Å². The van der Waals surface area contributed by atoms with E-state index in [1.165, 1.54) is 0 Å². The van der Waals surface area contributed by atoms with E-state index < -0.39 is 0 Å². The fourth-order valence-corrected chi connectivity index (χ4v) is 3.28. The van der Waals surface area contributed by atoms with Crippen LogP contribution in [0.3, 0.4) is 0 Å². The first-order valence-corrected chi connectivity index (χ1v) is 8.68. The molecule has 2 aromatic carbocycles. The van der Waals surface area contributed by atoms with Crippen LogP contribution in [0.2, 0.25) is 0 Å². The number of methoxy groups -OCH3 is 1. The molecule has 0 bridgehead atoms. The standard InChI is InChI=1S/C21H20N2O3/c1-25-17-9-7-16(8-10-17)21(24)23-13-11-18(14-23)26-19-6-2-4-15-5-3-12-22-20(15)19/h2-10,12,18H,11,13-14H2,1H3. The van der Waals surface area contributed by atoms with Crippen molar-refractivity contribution in [3.63, 3.8) is 0 Å². The van der Waals surface area contributed by atoms with Crippen molar-refractivity contribution >= 4 is 16.8 Å². The van der Waals surface area contributed by atoms with E-state index in [9.17, 15) is 4.79 Å². The number of para-hydroxylation sites is 1. The number of aromatic nitrogens is 1. The number of hydrogen-bond acceptors (Lipinski definition) is 4. The Kier molecular flexibility index (Phi) is 4.44. The minimum atomic E-state index is -0.0233. The summed E-state index contributed by atoms with van der Waals surface area (Å²) in [6, 6.07) is 17.0. The minimum absolute atomic E-state index is 0.0230. The van der Waals surface area contributed by atoms with Gasteiger partial charge >= 0.3 is 0 Å². The lowest BCUT2D eigenvalue weighted by Gasteiger charge is -2.18. The molecule has 1 aliphatic heterocycles. The zero-order chi connectivity index (χ0) is 17.9. The highest BCUT2D eigenvalue weighted by atomic mass is 16.5. The van der Waals surface area contributed by atoms with E-state index in [0.717, 1.165) is 28.8 Å². The molecule has 1 unspecified atom stereocenters. The van der Waals surface area contributed by atoms with E-state index >= 15 is 0 Å². The largest absolute Gasteiger partial charge is 0.497 e. The van der Waals surface area contributed by atoms with Crippen molar-refractivity contribution in [2.75, 3.05) is 20.2 Å². The SMILES string of the molecule is COc1ccc(C(=O)N2CCC(Oc3cccc4cccnc34)C2)cc1. The van der Waals surface area contributed by atoms with Crippen LogP contribution in [0.1, 0.15) is 16.8 Å². The third-order valence-electron chi connectivity index (χ3n) is 4.66. The van der Waals surface area contributed by atoms with E-state index in [1.54, 1.807) is 37.6 Å². The van der Waals surface area contributed by atoms with Crippen LogP contribution in [0, 0.1) is 0 Å². The summed E-state index contributed by atoms with van der Waals surface area (Å²) in [5.74, 6) is 1.54. The maximum Gasteiger partial charge on any atom is 0.253 e. The molecule has 0 aliphatic carbocycles. The van der Waals surface area contributed by atoms with Gasteiger partial charge in [0, 0.05) is 30.1 Å². The van der Waals surface area contributed by atoms with E-state index in [-0.39, 0.29) is 12.0 Å². The van der Waals surface area contributed by atoms with E-state index in [4.69, 9.17) is 9.47 Å². The third kappa shape index (κ3) is 3.20. The molecule has 1 saturated heterocycles. The van der Waals surface area contributed by atoms with Crippen LogP contribution < -0.4 is 9.47 Å². The van der Waals surface area contributed by atoms with Gasteiger partial charge in [-0.1, -0.05) is 18.2 Å². The minimum Gasteiger partial charge on any atom is -0.497 e. The zero-order valence-corrected chi connectivity index (χ0v) is 14.6. The molecule has 5 nitrogen and oxygen atoms in total. The number of rotatable bonds is 4. The Morgan fingerprint density at radius 3 is 2.73 bits per heavy atom. The summed E-state index contributed by atoms with van der Waals surface area (Å²) in [4.78, 5) is 18.9. The van der Waals surface area contributed by atoms with Gasteiger partial charge in [-0.15, -0.1) is 0 Å². The summed E-state index contributed by atoms with van der Waals surface area (Å²) in [5, 5.41) is 1.05. The van der Waals surface area contributed by atoms with Gasteiger partial charge in [0.2, 0.25) is 0 Å². The average molecular weight is 348 g/mol. The molecule has 5 heteroatoms. The van der Waals surface area contributed by atoms with Gasteiger partial charge in [0.05, 0.1) is 13.7 Å². The topological polar surface area (TPSA) is 51.7 Å². The molecular weight excluding hydrogens is 328 g/mol. The van der Waals surface area contributed by atoms with E-state index in [2.05, 4.69) is 4.98 Å². The third-order valence-corrected chi connectivity index (χ3v) is 4.66. The van der Waals surface area contributed by atoms with Crippen LogP contribution in [0.5, 0.6) is 11.5 Å². The number of amides is 1. The van der Waals surface area contributed by atoms with Crippen molar-refractivity contribution in [1.82, 2.24) is 9.88 Å². The fourth-order valence-electron chi connectivity index (χ4n) is 3.28. The van der Waals surface area contributed by atoms with Crippen LogP contribution in [-0.4, -0.2) is 42.1 Å². The molecule has 0 saturated carbocycles. The van der Waals surface area contributed by atoms with Gasteiger partial charge in [0.15, 0.2) is 0 Å². The second-order valence-corrected chi connectivity index (χ2v) is 6.34. The first-order valence-electron chi connectivity index (χ1n) is 8.68. The average Bonchev–Trinajstić information content (AvgIpc) is 3.16. The number of benzene rings is 2. The molecule has 1 amide bonds. The Bertz CT molecular complexity index is 919. The Labute approximate surface area is 152 Å². The Balaban J connectivity index is 1.45. The molecule has 3 aromatic rings. The highest BCUT2D eigenvalue weighted by Gasteiger charge is 2.28. The van der Waals surface area contributed by atoms with Gasteiger partial charge in [-0.25, -0.2) is 0 Å². The van der Waals surface area contributed by atoms with Crippen molar-refractivity contribution in [2.24, 2.45) is 0 Å². The molecule has 26 heavy (non-hydrogen) atoms. The zero-order valence-electron chi connectivity index (χ0n) is 14.6. The molecule has 1 fully saturated rings. The monoisotopic (exact) mass is 348 g/mol. The quantitative estimate of drug-likeness (QED) is 0.724. The molecule has 0 spiro atoms. The molecule has 1 aliphatic rings. The molecule has 1 atom stereocenters. The van der Waals surface area contributed by atoms with Crippen LogP contribution in [-0.2, 0) is 0 Å². The molecule has 132 valence electrons. The van der Waals surface area contributed by atoms with Gasteiger partial charge in [-0.3, -0.25) is 9.78 Å². The number of pyridine rings is 1. The molecule has 0 N–H and O–H groups in total. The maximum absolute atomic E-state index is 12.7. The first-order chi connectivity index (χ1) is 12.7. The first kappa shape index (κ1) is 16.4. The number of likely N-dealkylation sites (tertiary alicyclic amines) is 1. The van der Waals surface area contributed by atoms with Crippen LogP contribution in [0.15, 0.2) is 60.8 Å². The Hall–Kier alpha value is -3.08. The predicted molar refractivity (Wildman–Crippen MR) is 99.7 cm³/mol. The number of nitrogens with zero attached hydrogens (tertiary/aromatic N) is 2. The maximum atomic E-state index is 12.7. The second-order valence-electron chi connectivity index (χ2n) is 6.34. The molecule has 4 rings (SSSR count). The Morgan fingerprint density at radius 2 is 1.92 bits per heavy atom. The summed E-state index contributed by atoms with van der Waals surface area (Å²) in [6.45, 7) is 1.27. The number of carbonyl (C=O) groups excluding carboxylic acids is 1. The molecule has 1 aromatic heterocycles. The summed E-state index contributed by atoms with van der Waals surface area (Å²) in [7, 11) is 1.61. The highest BCUT2D eigenvalue weighted by Crippen LogP contribution is 2.26. The van der Waals surface area contributed by atoms with Crippen molar-refractivity contribution in [1.29, 1.82) is 0 Å². The smallest absolute Gasteiger partial charge is 0.253 e. The summed E-state index contributed by atoms with van der Waals surface area (Å²) in [6.07, 6.45) is 2.55. The predicted octanol–water partition coefficient (Wildman–Crippen LogP) is 3.54. The number of ether oxygens (including phenoxy) is 2. The molecule has 0 radical (unpaired) electrons. The van der Waals surface area contributed by atoms with Crippen molar-refractivity contribution in [3.05, 3.63) is 66.4 Å². The lowest BCUT2D eigenvalue weighted by molar-refractivity contribution is 0.0772. The van der Waals surface area contributed by atoms with E-state index in [1.807, 2.05) is 35.2 Å². The van der Waals surface area contributed by atoms with Crippen molar-refractivity contribution < 1.29 is 14.3 Å². The van der Waals surface area contributed by atoms with Gasteiger partial charge in [-0.2, -0.15) is 0 Å². The van der Waals surface area contributed by atoms with E-state index in [0.29, 0.717) is 18.7 Å². The summed E-state index contributed by atoms with van der Waals surface area (Å²) in [5.41, 5.74) is 1.52. The normalized spacial score (nSPS) is 16.7. The lowest BCUT2D eigenvalue weighted by atomic mass is 10.2. The van der Waals surface area contributed by atoms with Gasteiger partial charge in [-0.05, 0) is 36.4 Å². The number of carbonyl (C=O) groups is 1. The number of hydrogen-bond donors (Lipinski definition) is 0. The van der Waals surface area contributed by atoms with Gasteiger partial charge in [0.1, 0.15) is 23.1 Å². The van der Waals surface area contributed by atoms with Crippen LogP contribution >= 0.6 is 0 Å². The van der Waals surface area contributed by atoms with Gasteiger partial charge < -0.3 is 14.4 Å². The fraction of sp³-hybridized carbons (Fsp3) is 0.238. The summed E-state index contributed by atoms with van der Waals surface area (Å²) < 4.78 is 11.3. The van der Waals surface area contributed by atoms with Crippen molar-refractivity contribution in [2.45, 2.75) is 12.5 Å². The summed E-state index contributed by atoms with van der Waals surface area (Å²) >= 11 is 0. The highest BCUT2D eigenvalue weighted by molar-refractivity contribution is 5.94. The molecular formula is C21H20N2O3. The lowest BCUT2D eigenvalue weighted by Crippen LogP contribution is -2.30. The van der Waals surface area contributed by atoms with Crippen molar-refractivity contribution in [3.8, 4) is 11.5 Å². The Morgan fingerprint density at radius 1 is 1.12 bits per heavy atom. The van der Waals surface area contributed by atoms with Crippen LogP contribution in [0.4, 0.5) is 0 Å². The van der Waals surface area contributed by atoms with Gasteiger partial charge in [0.25, 0.3) is 5.91 Å². The second kappa shape index (κ2) is 7.04. The molecule has 2 heterocycles.